The fourth-order valence-corrected chi connectivity index (χ4v) is 3.30. The first kappa shape index (κ1) is 12.7. The van der Waals surface area contributed by atoms with Crippen molar-refractivity contribution in [3.05, 3.63) is 38.0 Å². The van der Waals surface area contributed by atoms with Gasteiger partial charge in [0, 0.05) is 22.7 Å². The molecule has 0 radical (unpaired) electrons. The Balaban J connectivity index is 2.12. The van der Waals surface area contributed by atoms with Gasteiger partial charge in [-0.2, -0.15) is 0 Å². The zero-order valence-corrected chi connectivity index (χ0v) is 12.1. The van der Waals surface area contributed by atoms with Crippen LogP contribution in [0.25, 0.3) is 0 Å². The van der Waals surface area contributed by atoms with E-state index in [0.717, 1.165) is 18.0 Å². The maximum absolute atomic E-state index is 4.55. The lowest BCUT2D eigenvalue weighted by molar-refractivity contribution is 0.546. The van der Waals surface area contributed by atoms with Gasteiger partial charge < -0.3 is 5.32 Å². The van der Waals surface area contributed by atoms with Crippen LogP contribution >= 0.6 is 22.7 Å². The Kier molecular flexibility index (Phi) is 4.31. The molecule has 0 saturated carbocycles. The van der Waals surface area contributed by atoms with Gasteiger partial charge in [0.25, 0.3) is 0 Å². The summed E-state index contributed by atoms with van der Waals surface area (Å²) in [6.45, 7) is 7.36. The highest BCUT2D eigenvalue weighted by Crippen LogP contribution is 2.24. The van der Waals surface area contributed by atoms with Crippen LogP contribution in [0.4, 0.5) is 0 Å². The van der Waals surface area contributed by atoms with E-state index in [0.29, 0.717) is 6.04 Å². The van der Waals surface area contributed by atoms with Crippen molar-refractivity contribution in [2.75, 3.05) is 6.54 Å². The van der Waals surface area contributed by atoms with Crippen molar-refractivity contribution < 1.29 is 0 Å². The van der Waals surface area contributed by atoms with E-state index in [-0.39, 0.29) is 0 Å². The molecule has 1 atom stereocenters. The standard InChI is InChI=1S/C13H18N2S2/c1-4-14-13(11-5-9(2)16-7-11)6-12-8-17-10(3)15-12/h5,7-8,13-14H,4,6H2,1-3H3. The summed E-state index contributed by atoms with van der Waals surface area (Å²) >= 11 is 3.55. The highest BCUT2D eigenvalue weighted by atomic mass is 32.1. The number of hydrogen-bond acceptors (Lipinski definition) is 4. The summed E-state index contributed by atoms with van der Waals surface area (Å²) in [6.07, 6.45) is 0.981. The van der Waals surface area contributed by atoms with Gasteiger partial charge in [0.05, 0.1) is 10.7 Å². The lowest BCUT2D eigenvalue weighted by atomic mass is 10.1. The summed E-state index contributed by atoms with van der Waals surface area (Å²) < 4.78 is 0. The molecule has 0 aliphatic carbocycles. The molecule has 0 saturated heterocycles. The van der Waals surface area contributed by atoms with Gasteiger partial charge in [0.2, 0.25) is 0 Å². The molecule has 2 heterocycles. The zero-order chi connectivity index (χ0) is 12.3. The largest absolute Gasteiger partial charge is 0.310 e. The van der Waals surface area contributed by atoms with Crippen molar-refractivity contribution in [3.63, 3.8) is 0 Å². The van der Waals surface area contributed by atoms with Crippen LogP contribution in [0, 0.1) is 13.8 Å². The number of rotatable bonds is 5. The van der Waals surface area contributed by atoms with Gasteiger partial charge in [0.1, 0.15) is 0 Å². The molecule has 2 aromatic heterocycles. The molecule has 1 N–H and O–H groups in total. The minimum atomic E-state index is 0.395. The summed E-state index contributed by atoms with van der Waals surface area (Å²) in [5.74, 6) is 0. The SMILES string of the molecule is CCNC(Cc1csc(C)n1)c1csc(C)c1. The quantitative estimate of drug-likeness (QED) is 0.892. The Morgan fingerprint density at radius 1 is 1.29 bits per heavy atom. The topological polar surface area (TPSA) is 24.9 Å². The molecule has 0 bridgehead atoms. The Morgan fingerprint density at radius 3 is 2.65 bits per heavy atom. The van der Waals surface area contributed by atoms with E-state index in [1.807, 2.05) is 11.3 Å². The number of hydrogen-bond donors (Lipinski definition) is 1. The average molecular weight is 266 g/mol. The van der Waals surface area contributed by atoms with Gasteiger partial charge in [-0.25, -0.2) is 4.98 Å². The Hall–Kier alpha value is -0.710. The molecule has 2 nitrogen and oxygen atoms in total. The van der Waals surface area contributed by atoms with Crippen molar-refractivity contribution in [2.45, 2.75) is 33.2 Å². The Labute approximate surface area is 111 Å². The summed E-state index contributed by atoms with van der Waals surface area (Å²) in [6, 6.07) is 2.67. The van der Waals surface area contributed by atoms with E-state index < -0.39 is 0 Å². The smallest absolute Gasteiger partial charge is 0.0897 e. The van der Waals surface area contributed by atoms with Crippen LogP contribution in [0.3, 0.4) is 0 Å². The fraction of sp³-hybridized carbons (Fsp3) is 0.462. The molecule has 2 rings (SSSR count). The lowest BCUT2D eigenvalue weighted by Crippen LogP contribution is -2.22. The summed E-state index contributed by atoms with van der Waals surface area (Å²) in [5, 5.41) is 9.11. The third-order valence-electron chi connectivity index (χ3n) is 2.68. The first-order chi connectivity index (χ1) is 8.19. The van der Waals surface area contributed by atoms with E-state index in [9.17, 15) is 0 Å². The third-order valence-corrected chi connectivity index (χ3v) is 4.39. The van der Waals surface area contributed by atoms with Crippen LogP contribution in [0.1, 0.15) is 34.1 Å². The number of nitrogens with zero attached hydrogens (tertiary/aromatic N) is 1. The van der Waals surface area contributed by atoms with Gasteiger partial charge in [-0.3, -0.25) is 0 Å². The summed E-state index contributed by atoms with van der Waals surface area (Å²) in [4.78, 5) is 5.92. The van der Waals surface area contributed by atoms with Gasteiger partial charge >= 0.3 is 0 Å². The monoisotopic (exact) mass is 266 g/mol. The maximum Gasteiger partial charge on any atom is 0.0897 e. The normalized spacial score (nSPS) is 12.9. The molecule has 0 aliphatic heterocycles. The first-order valence-corrected chi connectivity index (χ1v) is 7.64. The van der Waals surface area contributed by atoms with Crippen molar-refractivity contribution in [3.8, 4) is 0 Å². The van der Waals surface area contributed by atoms with Crippen molar-refractivity contribution in [1.82, 2.24) is 10.3 Å². The number of likely N-dealkylation sites (N-methyl/N-ethyl adjacent to an activating group) is 1. The Morgan fingerprint density at radius 2 is 2.12 bits per heavy atom. The zero-order valence-electron chi connectivity index (χ0n) is 10.5. The highest BCUT2D eigenvalue weighted by Gasteiger charge is 2.13. The number of thiazole rings is 1. The molecule has 92 valence electrons. The van der Waals surface area contributed by atoms with Gasteiger partial charge in [-0.1, -0.05) is 6.92 Å². The second-order valence-corrected chi connectivity index (χ2v) is 6.34. The molecule has 0 amide bonds. The highest BCUT2D eigenvalue weighted by molar-refractivity contribution is 7.10. The van der Waals surface area contributed by atoms with E-state index in [4.69, 9.17) is 0 Å². The van der Waals surface area contributed by atoms with Crippen LogP contribution in [0.15, 0.2) is 16.8 Å². The van der Waals surface area contributed by atoms with E-state index in [2.05, 4.69) is 47.9 Å². The Bertz CT molecular complexity index is 473. The molecule has 4 heteroatoms. The molecule has 1 unspecified atom stereocenters. The van der Waals surface area contributed by atoms with Crippen molar-refractivity contribution in [2.24, 2.45) is 0 Å². The third kappa shape index (κ3) is 3.37. The molecular weight excluding hydrogens is 248 g/mol. The second-order valence-electron chi connectivity index (χ2n) is 4.16. The number of aromatic nitrogens is 1. The lowest BCUT2D eigenvalue weighted by Gasteiger charge is -2.15. The average Bonchev–Trinajstić information content (AvgIpc) is 2.87. The van der Waals surface area contributed by atoms with E-state index in [1.165, 1.54) is 16.1 Å². The molecule has 17 heavy (non-hydrogen) atoms. The van der Waals surface area contributed by atoms with Crippen LogP contribution in [0.2, 0.25) is 0 Å². The van der Waals surface area contributed by atoms with Gasteiger partial charge in [-0.05, 0) is 37.4 Å². The first-order valence-electron chi connectivity index (χ1n) is 5.88. The predicted molar refractivity (Wildman–Crippen MR) is 76.0 cm³/mol. The number of nitrogens with one attached hydrogen (secondary N) is 1. The molecule has 0 aromatic carbocycles. The molecule has 0 fully saturated rings. The maximum atomic E-state index is 4.55. The van der Waals surface area contributed by atoms with Crippen molar-refractivity contribution in [1.29, 1.82) is 0 Å². The predicted octanol–water partition coefficient (Wildman–Crippen LogP) is 3.71. The van der Waals surface area contributed by atoms with Crippen LogP contribution in [-0.4, -0.2) is 11.5 Å². The molecule has 0 spiro atoms. The van der Waals surface area contributed by atoms with Crippen LogP contribution in [-0.2, 0) is 6.42 Å². The molecular formula is C13H18N2S2. The van der Waals surface area contributed by atoms with Gasteiger partial charge in [0.15, 0.2) is 0 Å². The molecule has 0 aliphatic rings. The van der Waals surface area contributed by atoms with E-state index in [1.54, 1.807) is 11.3 Å². The number of thiophene rings is 1. The van der Waals surface area contributed by atoms with Crippen molar-refractivity contribution >= 4 is 22.7 Å². The van der Waals surface area contributed by atoms with Crippen LogP contribution < -0.4 is 5.32 Å². The minimum absolute atomic E-state index is 0.395. The number of aryl methyl sites for hydroxylation is 2. The van der Waals surface area contributed by atoms with E-state index >= 15 is 0 Å². The summed E-state index contributed by atoms with van der Waals surface area (Å²) in [5.41, 5.74) is 2.59. The summed E-state index contributed by atoms with van der Waals surface area (Å²) in [7, 11) is 0. The fourth-order valence-electron chi connectivity index (χ4n) is 1.91. The van der Waals surface area contributed by atoms with Crippen LogP contribution in [0.5, 0.6) is 0 Å². The molecule has 2 aromatic rings. The van der Waals surface area contributed by atoms with Gasteiger partial charge in [-0.15, -0.1) is 22.7 Å². The minimum Gasteiger partial charge on any atom is -0.310 e. The second kappa shape index (κ2) is 5.76.